The molecule has 0 radical (unpaired) electrons. The summed E-state index contributed by atoms with van der Waals surface area (Å²) in [5.41, 5.74) is 0.995. The number of nitrogens with one attached hydrogen (secondary N) is 2. The molecule has 2 unspecified atom stereocenters. The largest absolute Gasteiger partial charge is 0.393 e. The quantitative estimate of drug-likeness (QED) is 0.529. The summed E-state index contributed by atoms with van der Waals surface area (Å²) in [4.78, 5) is 12.9. The average Bonchev–Trinajstić information content (AvgIpc) is 2.89. The Morgan fingerprint density at radius 1 is 1.13 bits per heavy atom. The van der Waals surface area contributed by atoms with E-state index in [1.54, 1.807) is 0 Å². The first-order valence-corrected chi connectivity index (χ1v) is 11.9. The summed E-state index contributed by atoms with van der Waals surface area (Å²) >= 11 is 0. The summed E-state index contributed by atoms with van der Waals surface area (Å²) < 4.78 is 0. The van der Waals surface area contributed by atoms with Crippen molar-refractivity contribution in [1.29, 1.82) is 0 Å². The molecular formula is C26H36N2O3. The zero-order valence-electron chi connectivity index (χ0n) is 18.7. The molecule has 1 aromatic rings. The number of carbonyl (C=O) groups excluding carboxylic acids is 1. The molecule has 1 aromatic carbocycles. The lowest BCUT2D eigenvalue weighted by Crippen LogP contribution is -2.67. The summed E-state index contributed by atoms with van der Waals surface area (Å²) in [5.74, 6) is 0.548. The fourth-order valence-electron chi connectivity index (χ4n) is 8.57. The van der Waals surface area contributed by atoms with E-state index in [1.807, 2.05) is 30.3 Å². The van der Waals surface area contributed by atoms with Crippen molar-refractivity contribution in [2.45, 2.75) is 76.5 Å². The third-order valence-electron chi connectivity index (χ3n) is 9.59. The van der Waals surface area contributed by atoms with E-state index in [1.165, 1.54) is 0 Å². The molecule has 1 spiro atoms. The Kier molecular flexibility index (Phi) is 4.80. The van der Waals surface area contributed by atoms with Gasteiger partial charge in [0.15, 0.2) is 0 Å². The highest BCUT2D eigenvalue weighted by molar-refractivity contribution is 5.89. The molecule has 0 aromatic heterocycles. The first-order chi connectivity index (χ1) is 14.7. The van der Waals surface area contributed by atoms with Crippen LogP contribution in [0.25, 0.3) is 0 Å². The monoisotopic (exact) mass is 424 g/mol. The minimum absolute atomic E-state index is 0.0443. The van der Waals surface area contributed by atoms with Crippen molar-refractivity contribution in [3.8, 4) is 0 Å². The van der Waals surface area contributed by atoms with Gasteiger partial charge in [-0.2, -0.15) is 0 Å². The van der Waals surface area contributed by atoms with Gasteiger partial charge in [0.25, 0.3) is 0 Å². The third-order valence-corrected chi connectivity index (χ3v) is 9.59. The molecule has 5 heteroatoms. The fraction of sp³-hybridized carbons (Fsp3) is 0.654. The summed E-state index contributed by atoms with van der Waals surface area (Å²) in [6.45, 7) is 8.70. The van der Waals surface area contributed by atoms with Crippen LogP contribution >= 0.6 is 0 Å². The van der Waals surface area contributed by atoms with Crippen LogP contribution in [-0.4, -0.2) is 34.0 Å². The molecule has 5 nitrogen and oxygen atoms in total. The van der Waals surface area contributed by atoms with Gasteiger partial charge in [0.05, 0.1) is 12.2 Å². The van der Waals surface area contributed by atoms with Crippen molar-refractivity contribution in [3.63, 3.8) is 0 Å². The van der Waals surface area contributed by atoms with E-state index in [2.05, 4.69) is 31.1 Å². The highest BCUT2D eigenvalue weighted by atomic mass is 16.3. The van der Waals surface area contributed by atoms with Crippen molar-refractivity contribution in [3.05, 3.63) is 42.5 Å². The van der Waals surface area contributed by atoms with Crippen LogP contribution in [0.1, 0.15) is 58.8 Å². The van der Waals surface area contributed by atoms with Crippen LogP contribution in [0.4, 0.5) is 10.5 Å². The molecule has 0 aliphatic heterocycles. The van der Waals surface area contributed by atoms with Crippen LogP contribution in [0.3, 0.4) is 0 Å². The van der Waals surface area contributed by atoms with E-state index in [0.29, 0.717) is 6.42 Å². The third kappa shape index (κ3) is 3.00. The van der Waals surface area contributed by atoms with E-state index in [9.17, 15) is 15.0 Å². The number of hydrogen-bond acceptors (Lipinski definition) is 3. The molecule has 2 amide bonds. The van der Waals surface area contributed by atoms with Gasteiger partial charge >= 0.3 is 6.03 Å². The first-order valence-electron chi connectivity index (χ1n) is 11.9. The van der Waals surface area contributed by atoms with Crippen molar-refractivity contribution in [1.82, 2.24) is 5.32 Å². The van der Waals surface area contributed by atoms with Crippen LogP contribution in [0.5, 0.6) is 0 Å². The number of amides is 2. The number of aliphatic hydroxyl groups is 2. The molecule has 8 atom stereocenters. The van der Waals surface area contributed by atoms with Gasteiger partial charge in [0, 0.05) is 16.6 Å². The zero-order chi connectivity index (χ0) is 22.0. The lowest BCUT2D eigenvalue weighted by Gasteiger charge is -2.65. The summed E-state index contributed by atoms with van der Waals surface area (Å²) in [5, 5.41) is 28.8. The molecule has 4 aliphatic rings. The molecular weight excluding hydrogens is 388 g/mol. The summed E-state index contributed by atoms with van der Waals surface area (Å²) in [6, 6.07) is 9.36. The highest BCUT2D eigenvalue weighted by Gasteiger charge is 2.69. The lowest BCUT2D eigenvalue weighted by molar-refractivity contribution is -0.195. The van der Waals surface area contributed by atoms with Gasteiger partial charge < -0.3 is 20.8 Å². The summed E-state index contributed by atoms with van der Waals surface area (Å²) in [6.07, 6.45) is 5.56. The number of hydrogen-bond donors (Lipinski definition) is 4. The number of fused-ring (bicyclic) bond motifs is 3. The molecule has 0 heterocycles. The molecule has 4 fully saturated rings. The highest BCUT2D eigenvalue weighted by Crippen LogP contribution is 2.70. The second-order valence-corrected chi connectivity index (χ2v) is 11.2. The Bertz CT molecular complexity index is 888. The number of aliphatic hydroxyl groups excluding tert-OH is 2. The van der Waals surface area contributed by atoms with Crippen molar-refractivity contribution in [2.24, 2.45) is 28.6 Å². The maximum atomic E-state index is 12.9. The van der Waals surface area contributed by atoms with Crippen molar-refractivity contribution in [2.75, 3.05) is 5.32 Å². The van der Waals surface area contributed by atoms with E-state index in [4.69, 9.17) is 0 Å². The lowest BCUT2D eigenvalue weighted by atomic mass is 9.41. The van der Waals surface area contributed by atoms with Crippen molar-refractivity contribution >= 4 is 11.7 Å². The predicted molar refractivity (Wildman–Crippen MR) is 121 cm³/mol. The molecule has 168 valence electrons. The van der Waals surface area contributed by atoms with Crippen LogP contribution in [0.15, 0.2) is 42.5 Å². The van der Waals surface area contributed by atoms with Gasteiger partial charge in [-0.25, -0.2) is 4.79 Å². The Balaban J connectivity index is 1.43. The smallest absolute Gasteiger partial charge is 0.319 e. The molecule has 5 rings (SSSR count). The SMILES string of the molecule is C=C1[C@@H]2C[C@H](O)C3[C@]4(C)CCC[C@@](C)(NC(=O)Nc5ccccc5)C4CC[C@@]3(C2)[C@@H]1O. The molecule has 2 bridgehead atoms. The minimum Gasteiger partial charge on any atom is -0.393 e. The zero-order valence-corrected chi connectivity index (χ0v) is 18.7. The van der Waals surface area contributed by atoms with Gasteiger partial charge in [-0.05, 0) is 86.3 Å². The molecule has 4 aliphatic carbocycles. The van der Waals surface area contributed by atoms with Gasteiger partial charge in [0.2, 0.25) is 0 Å². The van der Waals surface area contributed by atoms with E-state index in [-0.39, 0.29) is 40.2 Å². The molecule has 4 N–H and O–H groups in total. The molecule has 4 saturated carbocycles. The number of benzene rings is 1. The second kappa shape index (κ2) is 7.08. The van der Waals surface area contributed by atoms with E-state index >= 15 is 0 Å². The predicted octanol–water partition coefficient (Wildman–Crippen LogP) is 4.47. The van der Waals surface area contributed by atoms with Crippen LogP contribution in [0, 0.1) is 28.6 Å². The van der Waals surface area contributed by atoms with E-state index < -0.39 is 12.2 Å². The van der Waals surface area contributed by atoms with Crippen LogP contribution < -0.4 is 10.6 Å². The number of para-hydroxylation sites is 1. The Labute approximate surface area is 185 Å². The summed E-state index contributed by atoms with van der Waals surface area (Å²) in [7, 11) is 0. The van der Waals surface area contributed by atoms with Gasteiger partial charge in [-0.15, -0.1) is 0 Å². The Morgan fingerprint density at radius 3 is 2.61 bits per heavy atom. The maximum absolute atomic E-state index is 12.9. The number of anilines is 1. The van der Waals surface area contributed by atoms with Crippen LogP contribution in [0.2, 0.25) is 0 Å². The minimum atomic E-state index is -0.514. The van der Waals surface area contributed by atoms with Gasteiger partial charge in [-0.3, -0.25) is 0 Å². The first kappa shape index (κ1) is 21.0. The number of carbonyl (C=O) groups is 1. The van der Waals surface area contributed by atoms with Crippen LogP contribution in [-0.2, 0) is 0 Å². The number of rotatable bonds is 2. The number of urea groups is 1. The van der Waals surface area contributed by atoms with Gasteiger partial charge in [-0.1, -0.05) is 38.1 Å². The Morgan fingerprint density at radius 2 is 1.87 bits per heavy atom. The van der Waals surface area contributed by atoms with E-state index in [0.717, 1.165) is 49.8 Å². The molecule has 0 saturated heterocycles. The standard InChI is InChI=1S/C26H36N2O3/c1-16-17-14-19(29)21-24(2)11-7-12-25(3,20(24)10-13-26(21,15-17)22(16)30)28-23(31)27-18-8-5-4-6-9-18/h4-6,8-9,17,19-22,29-30H,1,7,10-15H2,2-3H3,(H2,27,28,31)/t17-,19+,20?,21?,22-,24-,25-,26+/m1/s1. The fourth-order valence-corrected chi connectivity index (χ4v) is 8.57. The topological polar surface area (TPSA) is 81.6 Å². The maximum Gasteiger partial charge on any atom is 0.319 e. The second-order valence-electron chi connectivity index (χ2n) is 11.2. The molecule has 31 heavy (non-hydrogen) atoms. The van der Waals surface area contributed by atoms with Crippen molar-refractivity contribution < 1.29 is 15.0 Å². The normalized spacial score (nSPS) is 46.1. The average molecular weight is 425 g/mol. The Hall–Kier alpha value is -1.85. The van der Waals surface area contributed by atoms with Gasteiger partial charge in [0.1, 0.15) is 0 Å².